The van der Waals surface area contributed by atoms with Crippen LogP contribution in [0.5, 0.6) is 0 Å². The van der Waals surface area contributed by atoms with Crippen LogP contribution >= 0.6 is 15.9 Å². The summed E-state index contributed by atoms with van der Waals surface area (Å²) < 4.78 is 1.03. The van der Waals surface area contributed by atoms with Crippen molar-refractivity contribution in [2.24, 2.45) is 11.7 Å². The van der Waals surface area contributed by atoms with E-state index in [1.165, 1.54) is 0 Å². The second-order valence-corrected chi connectivity index (χ2v) is 5.81. The quantitative estimate of drug-likeness (QED) is 0.931. The van der Waals surface area contributed by atoms with Gasteiger partial charge in [-0.05, 0) is 37.0 Å². The third kappa shape index (κ3) is 3.65. The number of benzene rings is 1. The van der Waals surface area contributed by atoms with Crippen molar-refractivity contribution in [3.63, 3.8) is 0 Å². The second kappa shape index (κ2) is 5.78. The van der Waals surface area contributed by atoms with Gasteiger partial charge in [-0.1, -0.05) is 34.5 Å². The number of carbonyl (C=O) groups excluding carboxylic acids is 1. The number of rotatable bonds is 3. The number of Topliss-reactive ketones (excluding diaryl/α,β-unsaturated/α-hetero) is 1. The minimum Gasteiger partial charge on any atom is -0.328 e. The molecule has 1 saturated carbocycles. The topological polar surface area (TPSA) is 43.1 Å². The molecule has 2 atom stereocenters. The molecule has 0 radical (unpaired) electrons. The first kappa shape index (κ1) is 12.8. The summed E-state index contributed by atoms with van der Waals surface area (Å²) in [5.74, 6) is 0.524. The van der Waals surface area contributed by atoms with Crippen LogP contribution < -0.4 is 5.73 Å². The lowest BCUT2D eigenvalue weighted by Crippen LogP contribution is -2.32. The zero-order chi connectivity index (χ0) is 12.3. The molecule has 1 aliphatic carbocycles. The number of halogens is 1. The van der Waals surface area contributed by atoms with Crippen LogP contribution in [0.25, 0.3) is 0 Å². The zero-order valence-corrected chi connectivity index (χ0v) is 11.4. The number of nitrogens with two attached hydrogens (primary N) is 1. The van der Waals surface area contributed by atoms with Gasteiger partial charge in [-0.3, -0.25) is 4.79 Å². The highest BCUT2D eigenvalue weighted by Crippen LogP contribution is 2.25. The minimum atomic E-state index is 0.178. The number of carbonyl (C=O) groups is 1. The largest absolute Gasteiger partial charge is 0.328 e. The first-order valence-corrected chi connectivity index (χ1v) is 6.97. The normalized spacial score (nSPS) is 24.6. The molecule has 0 aliphatic heterocycles. The van der Waals surface area contributed by atoms with E-state index in [4.69, 9.17) is 5.73 Å². The van der Waals surface area contributed by atoms with Gasteiger partial charge in [-0.15, -0.1) is 0 Å². The Morgan fingerprint density at radius 1 is 1.41 bits per heavy atom. The van der Waals surface area contributed by atoms with Gasteiger partial charge in [0.1, 0.15) is 5.78 Å². The van der Waals surface area contributed by atoms with E-state index in [0.717, 1.165) is 35.7 Å². The highest BCUT2D eigenvalue weighted by Gasteiger charge is 2.24. The summed E-state index contributed by atoms with van der Waals surface area (Å²) in [5, 5.41) is 0. The fourth-order valence-electron chi connectivity index (χ4n) is 2.51. The molecule has 0 spiro atoms. The maximum atomic E-state index is 12.2. The SMILES string of the molecule is NC1CCCC(C(=O)Cc2cccc(Br)c2)C1. The van der Waals surface area contributed by atoms with Crippen LogP contribution in [0, 0.1) is 5.92 Å². The van der Waals surface area contributed by atoms with Crippen LogP contribution in [0.15, 0.2) is 28.7 Å². The highest BCUT2D eigenvalue weighted by molar-refractivity contribution is 9.10. The van der Waals surface area contributed by atoms with Crippen molar-refractivity contribution >= 4 is 21.7 Å². The molecule has 0 aromatic heterocycles. The molecular formula is C14H18BrNO. The molecular weight excluding hydrogens is 278 g/mol. The third-order valence-corrected chi connectivity index (χ3v) is 3.93. The molecule has 2 nitrogen and oxygen atoms in total. The summed E-state index contributed by atoms with van der Waals surface area (Å²) in [6, 6.07) is 8.19. The Bertz CT molecular complexity index is 405. The fourth-order valence-corrected chi connectivity index (χ4v) is 2.96. The molecule has 0 heterocycles. The van der Waals surface area contributed by atoms with Gasteiger partial charge in [0.25, 0.3) is 0 Å². The van der Waals surface area contributed by atoms with Gasteiger partial charge in [0, 0.05) is 22.9 Å². The van der Waals surface area contributed by atoms with Gasteiger partial charge in [0.2, 0.25) is 0 Å². The molecule has 0 saturated heterocycles. The Balaban J connectivity index is 1.96. The summed E-state index contributed by atoms with van der Waals surface area (Å²) in [5.41, 5.74) is 7.01. The Kier molecular flexibility index (Phi) is 4.35. The van der Waals surface area contributed by atoms with Crippen LogP contribution in [-0.4, -0.2) is 11.8 Å². The Morgan fingerprint density at radius 3 is 2.94 bits per heavy atom. The van der Waals surface area contributed by atoms with Crippen molar-refractivity contribution in [3.05, 3.63) is 34.3 Å². The van der Waals surface area contributed by atoms with Gasteiger partial charge < -0.3 is 5.73 Å². The van der Waals surface area contributed by atoms with Crippen molar-refractivity contribution < 1.29 is 4.79 Å². The summed E-state index contributed by atoms with van der Waals surface area (Å²) in [7, 11) is 0. The molecule has 2 unspecified atom stereocenters. The molecule has 17 heavy (non-hydrogen) atoms. The number of hydrogen-bond donors (Lipinski definition) is 1. The Hall–Kier alpha value is -0.670. The highest BCUT2D eigenvalue weighted by atomic mass is 79.9. The first-order chi connectivity index (χ1) is 8.15. The van der Waals surface area contributed by atoms with E-state index in [1.807, 2.05) is 24.3 Å². The van der Waals surface area contributed by atoms with Crippen molar-refractivity contribution in [1.82, 2.24) is 0 Å². The lowest BCUT2D eigenvalue weighted by Gasteiger charge is -2.25. The monoisotopic (exact) mass is 295 g/mol. The molecule has 1 fully saturated rings. The predicted octanol–water partition coefficient (Wildman–Crippen LogP) is 3.08. The maximum Gasteiger partial charge on any atom is 0.140 e. The first-order valence-electron chi connectivity index (χ1n) is 6.18. The van der Waals surface area contributed by atoms with Crippen LogP contribution in [0.1, 0.15) is 31.2 Å². The predicted molar refractivity (Wildman–Crippen MR) is 72.8 cm³/mol. The van der Waals surface area contributed by atoms with Crippen molar-refractivity contribution in [3.8, 4) is 0 Å². The van der Waals surface area contributed by atoms with Crippen molar-refractivity contribution in [1.29, 1.82) is 0 Å². The fraction of sp³-hybridized carbons (Fsp3) is 0.500. The van der Waals surface area contributed by atoms with Gasteiger partial charge in [0.15, 0.2) is 0 Å². The third-order valence-electron chi connectivity index (χ3n) is 3.44. The van der Waals surface area contributed by atoms with E-state index in [2.05, 4.69) is 15.9 Å². The lowest BCUT2D eigenvalue weighted by atomic mass is 9.82. The number of hydrogen-bond acceptors (Lipinski definition) is 2. The molecule has 92 valence electrons. The second-order valence-electron chi connectivity index (χ2n) is 4.90. The Morgan fingerprint density at radius 2 is 2.24 bits per heavy atom. The summed E-state index contributed by atoms with van der Waals surface area (Å²) in [6.45, 7) is 0. The van der Waals surface area contributed by atoms with E-state index >= 15 is 0 Å². The summed E-state index contributed by atoms with van der Waals surface area (Å²) in [4.78, 5) is 12.2. The van der Waals surface area contributed by atoms with Crippen LogP contribution in [0.3, 0.4) is 0 Å². The molecule has 0 amide bonds. The van der Waals surface area contributed by atoms with Crippen LogP contribution in [-0.2, 0) is 11.2 Å². The smallest absolute Gasteiger partial charge is 0.140 e. The van der Waals surface area contributed by atoms with Crippen molar-refractivity contribution in [2.45, 2.75) is 38.1 Å². The summed E-state index contributed by atoms with van der Waals surface area (Å²) >= 11 is 3.43. The molecule has 1 aromatic carbocycles. The van der Waals surface area contributed by atoms with Gasteiger partial charge in [0.05, 0.1) is 0 Å². The van der Waals surface area contributed by atoms with E-state index in [0.29, 0.717) is 12.2 Å². The maximum absolute atomic E-state index is 12.2. The molecule has 0 bridgehead atoms. The van der Waals surface area contributed by atoms with E-state index in [-0.39, 0.29) is 12.0 Å². The van der Waals surface area contributed by atoms with E-state index in [9.17, 15) is 4.79 Å². The van der Waals surface area contributed by atoms with Crippen LogP contribution in [0.2, 0.25) is 0 Å². The average Bonchev–Trinajstić information content (AvgIpc) is 2.29. The average molecular weight is 296 g/mol. The standard InChI is InChI=1S/C14H18BrNO/c15-12-5-1-3-10(7-12)8-14(17)11-4-2-6-13(16)9-11/h1,3,5,7,11,13H,2,4,6,8-9,16H2. The lowest BCUT2D eigenvalue weighted by molar-refractivity contribution is -0.123. The van der Waals surface area contributed by atoms with Gasteiger partial charge in [-0.25, -0.2) is 0 Å². The molecule has 3 heteroatoms. The number of ketones is 1. The van der Waals surface area contributed by atoms with Gasteiger partial charge >= 0.3 is 0 Å². The van der Waals surface area contributed by atoms with Gasteiger partial charge in [-0.2, -0.15) is 0 Å². The zero-order valence-electron chi connectivity index (χ0n) is 9.86. The molecule has 2 rings (SSSR count). The van der Waals surface area contributed by atoms with E-state index in [1.54, 1.807) is 0 Å². The van der Waals surface area contributed by atoms with Crippen LogP contribution in [0.4, 0.5) is 0 Å². The van der Waals surface area contributed by atoms with E-state index < -0.39 is 0 Å². The molecule has 1 aliphatic rings. The van der Waals surface area contributed by atoms with Crippen molar-refractivity contribution in [2.75, 3.05) is 0 Å². The Labute approximate surface area is 111 Å². The summed E-state index contributed by atoms with van der Waals surface area (Å²) in [6.07, 6.45) is 4.58. The minimum absolute atomic E-state index is 0.178. The molecule has 2 N–H and O–H groups in total. The molecule has 1 aromatic rings.